The third-order valence-electron chi connectivity index (χ3n) is 4.77. The summed E-state index contributed by atoms with van der Waals surface area (Å²) in [6.07, 6.45) is 1.97. The van der Waals surface area contributed by atoms with Crippen molar-refractivity contribution < 1.29 is 4.57 Å². The molecule has 4 rings (SSSR count). The zero-order valence-electron chi connectivity index (χ0n) is 15.5. The van der Waals surface area contributed by atoms with E-state index in [1.54, 1.807) is 0 Å². The van der Waals surface area contributed by atoms with Gasteiger partial charge < -0.3 is 4.57 Å². The van der Waals surface area contributed by atoms with Crippen LogP contribution >= 0.6 is 7.14 Å². The maximum atomic E-state index is 14.0. The van der Waals surface area contributed by atoms with Crippen LogP contribution in [0.5, 0.6) is 0 Å². The smallest absolute Gasteiger partial charge is 0.164 e. The van der Waals surface area contributed by atoms with E-state index in [-0.39, 0.29) is 0 Å². The van der Waals surface area contributed by atoms with Gasteiger partial charge in [-0.25, -0.2) is 0 Å². The quantitative estimate of drug-likeness (QED) is 0.369. The van der Waals surface area contributed by atoms with Gasteiger partial charge >= 0.3 is 0 Å². The SMILES string of the molecule is O=P(/C=C/c1ccc(-c2ccccc2)cc1)(c1ccccc1)c1ccccc1. The summed E-state index contributed by atoms with van der Waals surface area (Å²) in [4.78, 5) is 0. The minimum atomic E-state index is -2.84. The fourth-order valence-corrected chi connectivity index (χ4v) is 5.48. The van der Waals surface area contributed by atoms with Crippen LogP contribution in [-0.4, -0.2) is 0 Å². The van der Waals surface area contributed by atoms with E-state index in [1.165, 1.54) is 11.1 Å². The molecule has 0 spiro atoms. The van der Waals surface area contributed by atoms with Crippen LogP contribution < -0.4 is 10.6 Å². The van der Waals surface area contributed by atoms with E-state index in [2.05, 4.69) is 36.4 Å². The van der Waals surface area contributed by atoms with Crippen LogP contribution in [0.1, 0.15) is 5.56 Å². The normalized spacial score (nSPS) is 11.6. The Labute approximate surface area is 166 Å². The highest BCUT2D eigenvalue weighted by atomic mass is 31.2. The molecule has 0 radical (unpaired) electrons. The van der Waals surface area contributed by atoms with Gasteiger partial charge in [0.15, 0.2) is 7.14 Å². The summed E-state index contributed by atoms with van der Waals surface area (Å²) >= 11 is 0. The molecule has 0 atom stereocenters. The van der Waals surface area contributed by atoms with Crippen molar-refractivity contribution in [2.75, 3.05) is 0 Å². The van der Waals surface area contributed by atoms with E-state index in [1.807, 2.05) is 90.8 Å². The predicted molar refractivity (Wildman–Crippen MR) is 121 cm³/mol. The Morgan fingerprint density at radius 1 is 0.500 bits per heavy atom. The molecule has 28 heavy (non-hydrogen) atoms. The van der Waals surface area contributed by atoms with Gasteiger partial charge in [-0.2, -0.15) is 0 Å². The van der Waals surface area contributed by atoms with Gasteiger partial charge in [-0.3, -0.25) is 0 Å². The summed E-state index contributed by atoms with van der Waals surface area (Å²) in [5.74, 6) is 1.87. The van der Waals surface area contributed by atoms with Gasteiger partial charge in [0.1, 0.15) is 0 Å². The number of hydrogen-bond donors (Lipinski definition) is 0. The molecule has 2 heteroatoms. The van der Waals surface area contributed by atoms with Gasteiger partial charge in [-0.15, -0.1) is 0 Å². The second-order valence-corrected chi connectivity index (χ2v) is 9.28. The highest BCUT2D eigenvalue weighted by Gasteiger charge is 2.23. The van der Waals surface area contributed by atoms with Gasteiger partial charge in [-0.05, 0) is 22.5 Å². The molecule has 0 N–H and O–H groups in total. The van der Waals surface area contributed by atoms with E-state index in [0.717, 1.165) is 16.2 Å². The van der Waals surface area contributed by atoms with Gasteiger partial charge in [0.25, 0.3) is 0 Å². The summed E-state index contributed by atoms with van der Waals surface area (Å²) in [5, 5.41) is 1.69. The van der Waals surface area contributed by atoms with Crippen LogP contribution in [0.25, 0.3) is 17.2 Å². The van der Waals surface area contributed by atoms with E-state index < -0.39 is 7.14 Å². The molecule has 1 nitrogen and oxygen atoms in total. The lowest BCUT2D eigenvalue weighted by molar-refractivity contribution is 0.592. The first kappa shape index (κ1) is 18.2. The lowest BCUT2D eigenvalue weighted by atomic mass is 10.0. The molecular weight excluding hydrogens is 359 g/mol. The fourth-order valence-electron chi connectivity index (χ4n) is 3.23. The molecule has 0 unspecified atom stereocenters. The molecule has 0 aliphatic carbocycles. The summed E-state index contributed by atoms with van der Waals surface area (Å²) in [7, 11) is -2.84. The highest BCUT2D eigenvalue weighted by Crippen LogP contribution is 2.45. The van der Waals surface area contributed by atoms with Crippen molar-refractivity contribution in [3.05, 3.63) is 127 Å². The Hall–Kier alpha value is -3.15. The first-order valence-electron chi connectivity index (χ1n) is 9.31. The van der Waals surface area contributed by atoms with E-state index in [0.29, 0.717) is 0 Å². The van der Waals surface area contributed by atoms with Gasteiger partial charge in [0.2, 0.25) is 0 Å². The van der Waals surface area contributed by atoms with Gasteiger partial charge in [-0.1, -0.05) is 121 Å². The van der Waals surface area contributed by atoms with Crippen molar-refractivity contribution >= 4 is 23.8 Å². The maximum absolute atomic E-state index is 14.0. The average Bonchev–Trinajstić information content (AvgIpc) is 2.79. The Morgan fingerprint density at radius 2 is 0.929 bits per heavy atom. The van der Waals surface area contributed by atoms with E-state index >= 15 is 0 Å². The molecule has 0 aliphatic rings. The molecule has 0 heterocycles. The van der Waals surface area contributed by atoms with Crippen LogP contribution in [0.15, 0.2) is 121 Å². The van der Waals surface area contributed by atoms with Crippen molar-refractivity contribution in [1.82, 2.24) is 0 Å². The molecule has 4 aromatic rings. The van der Waals surface area contributed by atoms with E-state index in [4.69, 9.17) is 0 Å². The van der Waals surface area contributed by atoms with Crippen molar-refractivity contribution in [2.45, 2.75) is 0 Å². The topological polar surface area (TPSA) is 17.1 Å². The van der Waals surface area contributed by atoms with E-state index in [9.17, 15) is 4.57 Å². The van der Waals surface area contributed by atoms with Crippen molar-refractivity contribution in [2.24, 2.45) is 0 Å². The third-order valence-corrected chi connectivity index (χ3v) is 7.47. The zero-order chi connectivity index (χ0) is 19.2. The summed E-state index contributed by atoms with van der Waals surface area (Å²) in [6.45, 7) is 0. The minimum absolute atomic E-state index is 0.846. The summed E-state index contributed by atoms with van der Waals surface area (Å²) in [5.41, 5.74) is 3.40. The monoisotopic (exact) mass is 380 g/mol. The fraction of sp³-hybridized carbons (Fsp3) is 0. The highest BCUT2D eigenvalue weighted by molar-refractivity contribution is 7.81. The van der Waals surface area contributed by atoms with Crippen molar-refractivity contribution in [3.8, 4) is 11.1 Å². The van der Waals surface area contributed by atoms with Gasteiger partial charge in [0.05, 0.1) is 0 Å². The first-order chi connectivity index (χ1) is 13.8. The largest absolute Gasteiger partial charge is 0.309 e. The molecule has 0 saturated carbocycles. The lowest BCUT2D eigenvalue weighted by Gasteiger charge is -2.15. The van der Waals surface area contributed by atoms with Crippen molar-refractivity contribution in [3.63, 3.8) is 0 Å². The molecule has 0 saturated heterocycles. The predicted octanol–water partition coefficient (Wildman–Crippen LogP) is 6.34. The number of rotatable bonds is 5. The molecule has 0 bridgehead atoms. The Morgan fingerprint density at radius 3 is 1.43 bits per heavy atom. The lowest BCUT2D eigenvalue weighted by Crippen LogP contribution is -2.13. The Bertz CT molecular complexity index is 1060. The molecular formula is C26H21OP. The van der Waals surface area contributed by atoms with Crippen LogP contribution in [0.3, 0.4) is 0 Å². The Balaban J connectivity index is 1.68. The first-order valence-corrected chi connectivity index (χ1v) is 11.1. The summed E-state index contributed by atoms with van der Waals surface area (Å²) < 4.78 is 14.0. The summed E-state index contributed by atoms with van der Waals surface area (Å²) in [6, 6.07) is 38.1. The number of benzene rings is 4. The molecule has 0 fully saturated rings. The second kappa shape index (κ2) is 8.25. The van der Waals surface area contributed by atoms with Crippen LogP contribution in [0, 0.1) is 0 Å². The zero-order valence-corrected chi connectivity index (χ0v) is 16.4. The molecule has 0 aromatic heterocycles. The molecule has 0 aliphatic heterocycles. The molecule has 136 valence electrons. The molecule has 4 aromatic carbocycles. The average molecular weight is 380 g/mol. The third kappa shape index (κ3) is 3.91. The van der Waals surface area contributed by atoms with Crippen LogP contribution in [0.4, 0.5) is 0 Å². The van der Waals surface area contributed by atoms with Gasteiger partial charge in [0, 0.05) is 10.6 Å². The second-order valence-electron chi connectivity index (χ2n) is 6.63. The Kier molecular flexibility index (Phi) is 5.37. The van der Waals surface area contributed by atoms with Crippen molar-refractivity contribution in [1.29, 1.82) is 0 Å². The maximum Gasteiger partial charge on any atom is 0.164 e. The standard InChI is InChI=1S/C26H21OP/c27-28(25-12-6-2-7-13-25,26-14-8-3-9-15-26)21-20-22-16-18-24(19-17-22)23-10-4-1-5-11-23/h1-21H/b21-20+. The molecule has 0 amide bonds. The minimum Gasteiger partial charge on any atom is -0.309 e. The van der Waals surface area contributed by atoms with Crippen LogP contribution in [-0.2, 0) is 4.57 Å². The number of hydrogen-bond acceptors (Lipinski definition) is 1. The van der Waals surface area contributed by atoms with Crippen LogP contribution in [0.2, 0.25) is 0 Å².